The van der Waals surface area contributed by atoms with Crippen LogP contribution in [0.5, 0.6) is 0 Å². The predicted octanol–water partition coefficient (Wildman–Crippen LogP) is -0.386. The molecule has 5 amide bonds. The summed E-state index contributed by atoms with van der Waals surface area (Å²) in [6.45, 7) is -5.00. The summed E-state index contributed by atoms with van der Waals surface area (Å²) in [5, 5.41) is 75.6. The van der Waals surface area contributed by atoms with E-state index >= 15 is 0 Å². The van der Waals surface area contributed by atoms with Gasteiger partial charge in [-0.3, -0.25) is 28.8 Å². The quantitative estimate of drug-likeness (QED) is 0.0598. The second-order valence-corrected chi connectivity index (χ2v) is 18.8. The molecule has 0 heterocycles. The van der Waals surface area contributed by atoms with Gasteiger partial charge in [-0.1, -0.05) is 0 Å². The van der Waals surface area contributed by atoms with Crippen molar-refractivity contribution >= 4 is 182 Å². The fraction of sp³-hybridized carbons (Fsp3) is 0.455. The zero-order valence-corrected chi connectivity index (χ0v) is 43.7. The van der Waals surface area contributed by atoms with Crippen LogP contribution in [0.25, 0.3) is 0 Å². The van der Waals surface area contributed by atoms with E-state index in [1.807, 2.05) is 45.2 Å². The number of carbonyl (C=O) groups excluding carboxylic acids is 6. The van der Waals surface area contributed by atoms with E-state index in [9.17, 15) is 64.5 Å². The molecule has 58 heavy (non-hydrogen) atoms. The number of ketones is 1. The Kier molecular flexibility index (Phi) is 23.1. The van der Waals surface area contributed by atoms with Gasteiger partial charge in [0, 0.05) is 50.0 Å². The van der Waals surface area contributed by atoms with Crippen LogP contribution in [0.3, 0.4) is 0 Å². The minimum atomic E-state index is -1.32. The number of likely N-dealkylation sites (N-methyl/N-ethyl adjacent to an activating group) is 3. The number of amides is 5. The molecule has 0 aromatic heterocycles. The van der Waals surface area contributed by atoms with Crippen LogP contribution in [0.1, 0.15) is 41.4 Å². The lowest BCUT2D eigenvalue weighted by Gasteiger charge is -2.30. The Morgan fingerprint density at radius 3 is 1.52 bits per heavy atom. The Bertz CT molecular complexity index is 1850. The molecule has 3 atom stereocenters. The van der Waals surface area contributed by atoms with Crippen molar-refractivity contribution in [2.75, 3.05) is 90.5 Å². The molecule has 0 aliphatic rings. The average Bonchev–Trinajstić information content (AvgIpc) is 3.17. The van der Waals surface area contributed by atoms with Crippen molar-refractivity contribution in [1.29, 1.82) is 0 Å². The highest BCUT2D eigenvalue weighted by Gasteiger charge is 2.36. The van der Waals surface area contributed by atoms with Crippen molar-refractivity contribution in [2.24, 2.45) is 0 Å². The summed E-state index contributed by atoms with van der Waals surface area (Å²) in [7, 11) is 4.19. The molecule has 3 unspecified atom stereocenters. The van der Waals surface area contributed by atoms with Crippen LogP contribution in [-0.2, 0) is 9.59 Å². The monoisotopic (exact) mass is 1490 g/mol. The van der Waals surface area contributed by atoms with E-state index in [1.54, 1.807) is 90.4 Å². The molecule has 0 radical (unpaired) electrons. The normalized spacial score (nSPS) is 12.7. The molecule has 322 valence electrons. The van der Waals surface area contributed by atoms with E-state index in [4.69, 9.17) is 0 Å². The van der Waals surface area contributed by atoms with E-state index in [0.29, 0.717) is 0 Å². The predicted molar refractivity (Wildman–Crippen MR) is 261 cm³/mol. The summed E-state index contributed by atoms with van der Waals surface area (Å²) in [5.41, 5.74) is -0.440. The first-order valence-corrected chi connectivity index (χ1v) is 23.1. The SMILES string of the molecule is CNCC(=O)N(CC(=O)c1c(I)c(NC(=O)CO)c(I)c(C(=O)NCC(O)CO)c1I)c1c(I)c(C(=O)N(C)CC(O)CO)c(I)c(C(=O)N(C)CC(O)CO)c1I. The Labute approximate surface area is 414 Å². The number of halogens is 6. The number of benzene rings is 2. The number of aliphatic hydroxyl groups excluding tert-OH is 7. The third-order valence-electron chi connectivity index (χ3n) is 7.95. The summed E-state index contributed by atoms with van der Waals surface area (Å²) in [6, 6.07) is 0. The Balaban J connectivity index is 3.06. The van der Waals surface area contributed by atoms with E-state index in [-0.39, 0.29) is 81.2 Å². The number of anilines is 2. The van der Waals surface area contributed by atoms with E-state index < -0.39 is 86.6 Å². The van der Waals surface area contributed by atoms with Crippen molar-refractivity contribution in [2.45, 2.75) is 18.3 Å². The van der Waals surface area contributed by atoms with Crippen LogP contribution >= 0.6 is 136 Å². The van der Waals surface area contributed by atoms with E-state index in [0.717, 1.165) is 14.7 Å². The Hall–Kier alpha value is -0.480. The highest BCUT2D eigenvalue weighted by atomic mass is 127. The van der Waals surface area contributed by atoms with Gasteiger partial charge in [-0.25, -0.2) is 0 Å². The summed E-state index contributed by atoms with van der Waals surface area (Å²) >= 11 is 10.8. The van der Waals surface area contributed by atoms with Crippen LogP contribution < -0.4 is 20.9 Å². The molecule has 0 saturated carbocycles. The van der Waals surface area contributed by atoms with E-state index in [1.165, 1.54) is 21.1 Å². The molecule has 25 heteroatoms. The lowest BCUT2D eigenvalue weighted by molar-refractivity contribution is -0.119. The van der Waals surface area contributed by atoms with Gasteiger partial charge in [0.15, 0.2) is 5.78 Å². The van der Waals surface area contributed by atoms with Crippen molar-refractivity contribution in [1.82, 2.24) is 20.4 Å². The van der Waals surface area contributed by atoms with Gasteiger partial charge in [0.1, 0.15) is 6.61 Å². The average molecular weight is 1490 g/mol. The van der Waals surface area contributed by atoms with Gasteiger partial charge in [-0.15, -0.1) is 0 Å². The number of hydrogen-bond donors (Lipinski definition) is 10. The zero-order valence-electron chi connectivity index (χ0n) is 30.8. The molecule has 0 aliphatic carbocycles. The maximum absolute atomic E-state index is 14.7. The third kappa shape index (κ3) is 13.3. The first kappa shape index (κ1) is 53.7. The number of nitrogens with zero attached hydrogens (tertiary/aromatic N) is 3. The smallest absolute Gasteiger partial charge is 0.255 e. The highest BCUT2D eigenvalue weighted by molar-refractivity contribution is 14.1. The Morgan fingerprint density at radius 2 is 1.09 bits per heavy atom. The van der Waals surface area contributed by atoms with Crippen molar-refractivity contribution in [3.05, 3.63) is 43.7 Å². The molecular weight excluding hydrogens is 1450 g/mol. The number of aliphatic hydroxyl groups is 7. The standard InChI is InChI=1S/C33H40I6N6O13/c1-40-5-18(55)45(8-16(53)19-23(34)20(31(56)41-4-13(50)9-46)26(37)29(25(19)36)42-17(54)12-49)30-27(38)21(32(57)43(2)6-14(51)10-47)24(35)22(28(30)39)33(58)44(3)7-15(52)11-48/h13-15,40,46-52H,4-12H2,1-3H3,(H,41,56)(H,42,54). The minimum Gasteiger partial charge on any atom is -0.394 e. The van der Waals surface area contributed by atoms with Crippen molar-refractivity contribution in [3.63, 3.8) is 0 Å². The van der Waals surface area contributed by atoms with Crippen LogP contribution in [0.4, 0.5) is 11.4 Å². The van der Waals surface area contributed by atoms with Crippen LogP contribution in [0.2, 0.25) is 0 Å². The summed E-state index contributed by atoms with van der Waals surface area (Å²) < 4.78 is 0.766. The van der Waals surface area contributed by atoms with Gasteiger partial charge < -0.3 is 66.4 Å². The maximum Gasteiger partial charge on any atom is 0.255 e. The summed E-state index contributed by atoms with van der Waals surface area (Å²) in [6.07, 6.45) is -3.94. The molecule has 2 aromatic carbocycles. The molecule has 0 spiro atoms. The lowest BCUT2D eigenvalue weighted by Crippen LogP contribution is -2.43. The van der Waals surface area contributed by atoms with Crippen LogP contribution in [0.15, 0.2) is 0 Å². The van der Waals surface area contributed by atoms with Gasteiger partial charge in [-0.2, -0.15) is 0 Å². The molecular formula is C33H40I6N6O13. The molecule has 0 aliphatic heterocycles. The fourth-order valence-electron chi connectivity index (χ4n) is 5.08. The summed E-state index contributed by atoms with van der Waals surface area (Å²) in [5.74, 6) is -4.55. The van der Waals surface area contributed by atoms with Gasteiger partial charge >= 0.3 is 0 Å². The number of Topliss-reactive ketones (excluding diaryl/α,β-unsaturated/α-hetero) is 1. The molecule has 2 aromatic rings. The second-order valence-electron chi connectivity index (χ2n) is 12.3. The van der Waals surface area contributed by atoms with E-state index in [2.05, 4.69) is 16.0 Å². The van der Waals surface area contributed by atoms with Gasteiger partial charge in [-0.05, 0) is 143 Å². The number of nitrogens with one attached hydrogen (secondary N) is 3. The van der Waals surface area contributed by atoms with Gasteiger partial charge in [0.25, 0.3) is 17.7 Å². The minimum absolute atomic E-state index is 0.00891. The Morgan fingerprint density at radius 1 is 0.638 bits per heavy atom. The number of hydrogen-bond acceptors (Lipinski definition) is 14. The molecule has 0 bridgehead atoms. The fourth-order valence-corrected chi connectivity index (χ4v) is 14.3. The molecule has 10 N–H and O–H groups in total. The van der Waals surface area contributed by atoms with Crippen LogP contribution in [0, 0.1) is 21.4 Å². The second kappa shape index (κ2) is 25.0. The van der Waals surface area contributed by atoms with Gasteiger partial charge in [0.05, 0.1) is 90.0 Å². The van der Waals surface area contributed by atoms with Gasteiger partial charge in [0.2, 0.25) is 11.8 Å². The lowest BCUT2D eigenvalue weighted by atomic mass is 10.0. The molecule has 19 nitrogen and oxygen atoms in total. The highest BCUT2D eigenvalue weighted by Crippen LogP contribution is 2.40. The van der Waals surface area contributed by atoms with Crippen molar-refractivity contribution in [3.8, 4) is 0 Å². The topological polar surface area (TPSA) is 290 Å². The van der Waals surface area contributed by atoms with Crippen molar-refractivity contribution < 1.29 is 64.5 Å². The molecule has 2 rings (SSSR count). The molecule has 0 fully saturated rings. The van der Waals surface area contributed by atoms with Crippen LogP contribution in [-0.4, -0.2) is 179 Å². The zero-order chi connectivity index (χ0) is 44.3. The first-order chi connectivity index (χ1) is 27.1. The summed E-state index contributed by atoms with van der Waals surface area (Å²) in [4.78, 5) is 86.4. The molecule has 0 saturated heterocycles. The largest absolute Gasteiger partial charge is 0.394 e. The number of rotatable bonds is 20. The third-order valence-corrected chi connectivity index (χ3v) is 14.4. The maximum atomic E-state index is 14.7. The first-order valence-electron chi connectivity index (χ1n) is 16.6. The number of carbonyl (C=O) groups is 6.